The van der Waals surface area contributed by atoms with Crippen LogP contribution in [0.5, 0.6) is 0 Å². The van der Waals surface area contributed by atoms with E-state index in [9.17, 15) is 14.7 Å². The maximum atomic E-state index is 11.8. The zero-order valence-corrected chi connectivity index (χ0v) is 11.8. The van der Waals surface area contributed by atoms with Gasteiger partial charge in [0, 0.05) is 6.42 Å². The largest absolute Gasteiger partial charge is 0.469 e. The number of hydrogen-bond donors (Lipinski definition) is 2. The van der Waals surface area contributed by atoms with Crippen molar-refractivity contribution in [3.63, 3.8) is 0 Å². The summed E-state index contributed by atoms with van der Waals surface area (Å²) in [6.07, 6.45) is 3.75. The van der Waals surface area contributed by atoms with E-state index in [-0.39, 0.29) is 37.0 Å². The Kier molecular flexibility index (Phi) is 5.37. The van der Waals surface area contributed by atoms with E-state index >= 15 is 0 Å². The first-order valence-corrected chi connectivity index (χ1v) is 7.25. The van der Waals surface area contributed by atoms with Gasteiger partial charge in [-0.1, -0.05) is 0 Å². The lowest BCUT2D eigenvalue weighted by Crippen LogP contribution is -2.51. The molecule has 1 aliphatic heterocycles. The number of nitrogens with one attached hydrogen (secondary N) is 1. The number of hydrogen-bond acceptors (Lipinski definition) is 5. The summed E-state index contributed by atoms with van der Waals surface area (Å²) in [5, 5.41) is 12.3. The van der Waals surface area contributed by atoms with Crippen molar-refractivity contribution in [2.24, 2.45) is 5.92 Å². The number of rotatable bonds is 6. The van der Waals surface area contributed by atoms with Crippen molar-refractivity contribution in [3.05, 3.63) is 0 Å². The first-order chi connectivity index (χ1) is 9.62. The molecule has 1 saturated heterocycles. The third-order valence-corrected chi connectivity index (χ3v) is 3.94. The van der Waals surface area contributed by atoms with E-state index in [2.05, 4.69) is 10.1 Å². The Hall–Kier alpha value is -1.14. The first-order valence-electron chi connectivity index (χ1n) is 7.25. The Morgan fingerprint density at radius 2 is 2.00 bits per heavy atom. The Morgan fingerprint density at radius 3 is 2.60 bits per heavy atom. The van der Waals surface area contributed by atoms with Crippen LogP contribution in [0.15, 0.2) is 0 Å². The van der Waals surface area contributed by atoms with Crippen LogP contribution in [0.2, 0.25) is 0 Å². The maximum absolute atomic E-state index is 11.8. The van der Waals surface area contributed by atoms with Gasteiger partial charge in [-0.15, -0.1) is 0 Å². The van der Waals surface area contributed by atoms with E-state index in [0.717, 1.165) is 12.8 Å². The molecule has 6 nitrogen and oxygen atoms in total. The van der Waals surface area contributed by atoms with Gasteiger partial charge in [-0.25, -0.2) is 0 Å². The van der Waals surface area contributed by atoms with Gasteiger partial charge < -0.3 is 19.9 Å². The summed E-state index contributed by atoms with van der Waals surface area (Å²) >= 11 is 0. The Labute approximate surface area is 118 Å². The third-order valence-electron chi connectivity index (χ3n) is 3.94. The summed E-state index contributed by atoms with van der Waals surface area (Å²) in [4.78, 5) is 23.0. The van der Waals surface area contributed by atoms with Crippen LogP contribution < -0.4 is 5.32 Å². The molecular formula is C14H23NO5. The van der Waals surface area contributed by atoms with E-state index < -0.39 is 6.10 Å². The van der Waals surface area contributed by atoms with Gasteiger partial charge in [0.1, 0.15) is 6.10 Å². The minimum absolute atomic E-state index is 0.0333. The van der Waals surface area contributed by atoms with Gasteiger partial charge in [-0.05, 0) is 31.6 Å². The highest BCUT2D eigenvalue weighted by molar-refractivity contribution is 5.76. The van der Waals surface area contributed by atoms with Gasteiger partial charge >= 0.3 is 5.97 Å². The predicted molar refractivity (Wildman–Crippen MR) is 70.9 cm³/mol. The van der Waals surface area contributed by atoms with Crippen LogP contribution in [0.1, 0.15) is 38.5 Å². The number of amides is 1. The van der Waals surface area contributed by atoms with Crippen LogP contribution in [0, 0.1) is 5.92 Å². The summed E-state index contributed by atoms with van der Waals surface area (Å²) in [5.74, 6) is 0.257. The molecule has 2 N–H and O–H groups in total. The highest BCUT2D eigenvalue weighted by Gasteiger charge is 2.34. The van der Waals surface area contributed by atoms with Crippen LogP contribution >= 0.6 is 0 Å². The van der Waals surface area contributed by atoms with Crippen molar-refractivity contribution < 1.29 is 24.2 Å². The lowest BCUT2D eigenvalue weighted by molar-refractivity contribution is -0.150. The lowest BCUT2D eigenvalue weighted by Gasteiger charge is -2.35. The van der Waals surface area contributed by atoms with Crippen molar-refractivity contribution in [3.8, 4) is 0 Å². The van der Waals surface area contributed by atoms with E-state index in [1.165, 1.54) is 7.11 Å². The van der Waals surface area contributed by atoms with E-state index in [4.69, 9.17) is 4.74 Å². The Bertz CT molecular complexity index is 355. The van der Waals surface area contributed by atoms with E-state index in [1.54, 1.807) is 0 Å². The smallest absolute Gasteiger partial charge is 0.308 e. The lowest BCUT2D eigenvalue weighted by atomic mass is 9.97. The molecule has 0 aromatic rings. The molecular weight excluding hydrogens is 262 g/mol. The highest BCUT2D eigenvalue weighted by atomic mass is 16.5. The molecule has 3 atom stereocenters. The number of aliphatic hydroxyl groups excluding tert-OH is 1. The van der Waals surface area contributed by atoms with Crippen LogP contribution in [0.25, 0.3) is 0 Å². The van der Waals surface area contributed by atoms with Crippen LogP contribution in [-0.4, -0.2) is 48.9 Å². The van der Waals surface area contributed by atoms with Gasteiger partial charge in [0.25, 0.3) is 0 Å². The molecule has 1 saturated carbocycles. The maximum Gasteiger partial charge on any atom is 0.308 e. The SMILES string of the molecule is COC(=O)C[C@@H]1CC[C@H](NC(=O)CC2CC2)[C@@H](CO)O1. The van der Waals surface area contributed by atoms with Crippen molar-refractivity contribution in [2.45, 2.75) is 56.8 Å². The molecule has 2 rings (SSSR count). The molecule has 2 aliphatic rings. The molecule has 0 bridgehead atoms. The summed E-state index contributed by atoms with van der Waals surface area (Å²) < 4.78 is 10.3. The molecule has 114 valence electrons. The molecule has 0 aromatic heterocycles. The van der Waals surface area contributed by atoms with Crippen molar-refractivity contribution in [2.75, 3.05) is 13.7 Å². The predicted octanol–water partition coefficient (Wildman–Crippen LogP) is 0.374. The van der Waals surface area contributed by atoms with Crippen molar-refractivity contribution in [1.29, 1.82) is 0 Å². The molecule has 2 fully saturated rings. The van der Waals surface area contributed by atoms with Crippen LogP contribution in [0.4, 0.5) is 0 Å². The molecule has 0 radical (unpaired) electrons. The number of methoxy groups -OCH3 is 1. The molecule has 20 heavy (non-hydrogen) atoms. The summed E-state index contributed by atoms with van der Waals surface area (Å²) in [6, 6.07) is -0.167. The normalized spacial score (nSPS) is 29.8. The molecule has 1 amide bonds. The highest BCUT2D eigenvalue weighted by Crippen LogP contribution is 2.32. The number of carbonyl (C=O) groups excluding carboxylic acids is 2. The average Bonchev–Trinajstić information content (AvgIpc) is 3.24. The first kappa shape index (κ1) is 15.3. The van der Waals surface area contributed by atoms with Gasteiger partial charge in [0.15, 0.2) is 0 Å². The number of aliphatic hydroxyl groups is 1. The fourth-order valence-electron chi connectivity index (χ4n) is 2.57. The summed E-state index contributed by atoms with van der Waals surface area (Å²) in [5.41, 5.74) is 0. The fourth-order valence-corrected chi connectivity index (χ4v) is 2.57. The number of carbonyl (C=O) groups is 2. The Balaban J connectivity index is 1.79. The van der Waals surface area contributed by atoms with Gasteiger partial charge in [-0.2, -0.15) is 0 Å². The van der Waals surface area contributed by atoms with Crippen molar-refractivity contribution in [1.82, 2.24) is 5.32 Å². The van der Waals surface area contributed by atoms with Crippen LogP contribution in [-0.2, 0) is 19.1 Å². The second-order valence-corrected chi connectivity index (χ2v) is 5.66. The molecule has 0 unspecified atom stereocenters. The van der Waals surface area contributed by atoms with E-state index in [1.807, 2.05) is 0 Å². The molecule has 1 heterocycles. The number of ether oxygens (including phenoxy) is 2. The molecule has 0 aromatic carbocycles. The fraction of sp³-hybridized carbons (Fsp3) is 0.857. The molecule has 6 heteroatoms. The standard InChI is InChI=1S/C14H23NO5/c1-19-14(18)7-10-4-5-11(12(8-16)20-10)15-13(17)6-9-2-3-9/h9-12,16H,2-8H2,1H3,(H,15,17)/t10-,11-,12+/m0/s1. The Morgan fingerprint density at radius 1 is 1.25 bits per heavy atom. The molecule has 1 aliphatic carbocycles. The number of esters is 1. The van der Waals surface area contributed by atoms with Gasteiger partial charge in [0.2, 0.25) is 5.91 Å². The summed E-state index contributed by atoms with van der Waals surface area (Å²) in [6.45, 7) is -0.161. The van der Waals surface area contributed by atoms with Crippen molar-refractivity contribution >= 4 is 11.9 Å². The summed E-state index contributed by atoms with van der Waals surface area (Å²) in [7, 11) is 1.34. The minimum Gasteiger partial charge on any atom is -0.469 e. The monoisotopic (exact) mass is 285 g/mol. The van der Waals surface area contributed by atoms with Crippen LogP contribution in [0.3, 0.4) is 0 Å². The minimum atomic E-state index is -0.443. The zero-order chi connectivity index (χ0) is 14.5. The molecule has 0 spiro atoms. The average molecular weight is 285 g/mol. The third kappa shape index (κ3) is 4.45. The topological polar surface area (TPSA) is 84.9 Å². The van der Waals surface area contributed by atoms with Gasteiger partial charge in [0.05, 0.1) is 32.3 Å². The second-order valence-electron chi connectivity index (χ2n) is 5.66. The zero-order valence-electron chi connectivity index (χ0n) is 11.8. The van der Waals surface area contributed by atoms with E-state index in [0.29, 0.717) is 25.2 Å². The second kappa shape index (κ2) is 7.04. The van der Waals surface area contributed by atoms with Gasteiger partial charge in [-0.3, -0.25) is 9.59 Å². The quantitative estimate of drug-likeness (QED) is 0.689.